The highest BCUT2D eigenvalue weighted by atomic mass is 16.3. The molecule has 7 heteroatoms. The zero-order valence-electron chi connectivity index (χ0n) is 11.0. The van der Waals surface area contributed by atoms with Gasteiger partial charge in [-0.1, -0.05) is 0 Å². The molecule has 1 aromatic heterocycles. The van der Waals surface area contributed by atoms with Crippen LogP contribution in [0.3, 0.4) is 0 Å². The highest BCUT2D eigenvalue weighted by Crippen LogP contribution is 2.30. The Hall–Kier alpha value is -2.28. The van der Waals surface area contributed by atoms with Crippen molar-refractivity contribution in [2.45, 2.75) is 6.42 Å². The third kappa shape index (κ3) is 2.53. The van der Waals surface area contributed by atoms with Crippen LogP contribution in [-0.2, 0) is 0 Å². The molecule has 106 valence electrons. The lowest BCUT2D eigenvalue weighted by molar-refractivity contribution is 0.461. The minimum atomic E-state index is 0.0584. The number of phenols is 2. The van der Waals surface area contributed by atoms with Gasteiger partial charge in [-0.25, -0.2) is 0 Å². The Kier molecular flexibility index (Phi) is 3.42. The Morgan fingerprint density at radius 3 is 2.95 bits per heavy atom. The van der Waals surface area contributed by atoms with E-state index in [1.165, 1.54) is 18.2 Å². The number of H-pyrrole nitrogens is 1. The summed E-state index contributed by atoms with van der Waals surface area (Å²) in [4.78, 5) is 6.51. The number of aromatic hydroxyl groups is 2. The van der Waals surface area contributed by atoms with E-state index >= 15 is 0 Å². The van der Waals surface area contributed by atoms with E-state index in [1.54, 1.807) is 0 Å². The third-order valence-corrected chi connectivity index (χ3v) is 3.33. The summed E-state index contributed by atoms with van der Waals surface area (Å²) in [6, 6.07) is 4.32. The molecule has 2 aromatic rings. The smallest absolute Gasteiger partial charge is 0.245 e. The van der Waals surface area contributed by atoms with Gasteiger partial charge in [0, 0.05) is 19.6 Å². The molecule has 0 aliphatic carbocycles. The third-order valence-electron chi connectivity index (χ3n) is 3.33. The van der Waals surface area contributed by atoms with E-state index in [1.807, 2.05) is 0 Å². The molecule has 1 aliphatic rings. The molecule has 20 heavy (non-hydrogen) atoms. The van der Waals surface area contributed by atoms with E-state index in [2.05, 4.69) is 25.4 Å². The van der Waals surface area contributed by atoms with Gasteiger partial charge in [-0.3, -0.25) is 5.10 Å². The monoisotopic (exact) mass is 275 g/mol. The maximum Gasteiger partial charge on any atom is 0.245 e. The second-order valence-electron chi connectivity index (χ2n) is 4.78. The molecule has 1 aromatic carbocycles. The largest absolute Gasteiger partial charge is 0.508 e. The summed E-state index contributed by atoms with van der Waals surface area (Å²) in [5, 5.41) is 29.7. The van der Waals surface area contributed by atoms with E-state index in [0.29, 0.717) is 17.3 Å². The molecule has 0 bridgehead atoms. The molecule has 0 atom stereocenters. The number of hydrogen-bond donors (Lipinski definition) is 4. The maximum absolute atomic E-state index is 9.83. The molecular formula is C13H17N5O2. The lowest BCUT2D eigenvalue weighted by Gasteiger charge is -2.16. The van der Waals surface area contributed by atoms with Crippen LogP contribution in [0.15, 0.2) is 18.2 Å². The van der Waals surface area contributed by atoms with Crippen LogP contribution in [0, 0.1) is 0 Å². The Morgan fingerprint density at radius 1 is 1.15 bits per heavy atom. The van der Waals surface area contributed by atoms with Crippen LogP contribution in [0.1, 0.15) is 6.42 Å². The molecule has 1 aliphatic heterocycles. The Balaban J connectivity index is 1.87. The number of aromatic amines is 1. The number of aromatic nitrogens is 3. The molecular weight excluding hydrogens is 258 g/mol. The zero-order valence-corrected chi connectivity index (χ0v) is 11.0. The summed E-state index contributed by atoms with van der Waals surface area (Å²) in [5.74, 6) is 1.20. The number of benzene rings is 1. The maximum atomic E-state index is 9.83. The number of anilines is 1. The average molecular weight is 275 g/mol. The summed E-state index contributed by atoms with van der Waals surface area (Å²) >= 11 is 0. The number of phenolic OH excluding ortho intramolecular Hbond substituents is 2. The molecule has 0 saturated carbocycles. The van der Waals surface area contributed by atoms with Gasteiger partial charge in [0.2, 0.25) is 5.95 Å². The summed E-state index contributed by atoms with van der Waals surface area (Å²) < 4.78 is 0. The first-order valence-electron chi connectivity index (χ1n) is 6.64. The van der Waals surface area contributed by atoms with Crippen molar-refractivity contribution >= 4 is 5.95 Å². The van der Waals surface area contributed by atoms with E-state index in [4.69, 9.17) is 0 Å². The van der Waals surface area contributed by atoms with Crippen LogP contribution in [0.2, 0.25) is 0 Å². The second kappa shape index (κ2) is 5.38. The van der Waals surface area contributed by atoms with Gasteiger partial charge in [0.15, 0.2) is 5.82 Å². The molecule has 4 N–H and O–H groups in total. The van der Waals surface area contributed by atoms with E-state index in [-0.39, 0.29) is 11.5 Å². The van der Waals surface area contributed by atoms with Crippen molar-refractivity contribution in [3.63, 3.8) is 0 Å². The van der Waals surface area contributed by atoms with Gasteiger partial charge in [-0.15, -0.1) is 5.10 Å². The standard InChI is InChI=1S/C13H17N5O2/c19-9-2-3-11(20)10(8-9)12-15-13(17-16-12)18-6-1-4-14-5-7-18/h2-3,8,14,19-20H,1,4-7H2,(H,15,16,17). The van der Waals surface area contributed by atoms with Gasteiger partial charge < -0.3 is 20.4 Å². The number of nitrogens with one attached hydrogen (secondary N) is 2. The highest BCUT2D eigenvalue weighted by molar-refractivity contribution is 5.66. The number of rotatable bonds is 2. The Bertz CT molecular complexity index is 590. The van der Waals surface area contributed by atoms with Crippen molar-refractivity contribution in [1.29, 1.82) is 0 Å². The SMILES string of the molecule is Oc1ccc(O)c(-c2nc(N3CCCNCC3)n[nH]2)c1. The topological polar surface area (TPSA) is 97.3 Å². The quantitative estimate of drug-likeness (QED) is 0.602. The predicted octanol–water partition coefficient (Wildman–Crippen LogP) is 0.683. The lowest BCUT2D eigenvalue weighted by Crippen LogP contribution is -2.28. The molecule has 1 fully saturated rings. The van der Waals surface area contributed by atoms with Gasteiger partial charge in [-0.05, 0) is 31.2 Å². The fourth-order valence-corrected chi connectivity index (χ4v) is 2.27. The van der Waals surface area contributed by atoms with Crippen molar-refractivity contribution < 1.29 is 10.2 Å². The summed E-state index contributed by atoms with van der Waals surface area (Å²) in [5.41, 5.74) is 0.441. The van der Waals surface area contributed by atoms with E-state index in [0.717, 1.165) is 32.6 Å². The molecule has 0 radical (unpaired) electrons. The molecule has 0 amide bonds. The zero-order chi connectivity index (χ0) is 13.9. The van der Waals surface area contributed by atoms with Gasteiger partial charge in [0.1, 0.15) is 11.5 Å². The molecule has 7 nitrogen and oxygen atoms in total. The summed E-state index contributed by atoms with van der Waals surface area (Å²) in [6.07, 6.45) is 1.04. The van der Waals surface area contributed by atoms with E-state index < -0.39 is 0 Å². The fourth-order valence-electron chi connectivity index (χ4n) is 2.27. The van der Waals surface area contributed by atoms with Crippen LogP contribution < -0.4 is 10.2 Å². The Labute approximate surface area is 116 Å². The van der Waals surface area contributed by atoms with Crippen molar-refractivity contribution in [3.05, 3.63) is 18.2 Å². The molecule has 1 saturated heterocycles. The average Bonchev–Trinajstić information content (AvgIpc) is 2.77. The van der Waals surface area contributed by atoms with Crippen molar-refractivity contribution in [1.82, 2.24) is 20.5 Å². The Morgan fingerprint density at radius 2 is 2.05 bits per heavy atom. The molecule has 0 unspecified atom stereocenters. The van der Waals surface area contributed by atoms with Crippen LogP contribution in [0.4, 0.5) is 5.95 Å². The van der Waals surface area contributed by atoms with Crippen molar-refractivity contribution in [3.8, 4) is 22.9 Å². The number of nitrogens with zero attached hydrogens (tertiary/aromatic N) is 3. The van der Waals surface area contributed by atoms with E-state index in [9.17, 15) is 10.2 Å². The first-order chi connectivity index (χ1) is 9.74. The van der Waals surface area contributed by atoms with Crippen molar-refractivity contribution in [2.75, 3.05) is 31.1 Å². The first kappa shape index (κ1) is 12.7. The van der Waals surface area contributed by atoms with Gasteiger partial charge in [-0.2, -0.15) is 4.98 Å². The molecule has 0 spiro atoms. The van der Waals surface area contributed by atoms with Gasteiger partial charge in [0.05, 0.1) is 5.56 Å². The second-order valence-corrected chi connectivity index (χ2v) is 4.78. The summed E-state index contributed by atoms with van der Waals surface area (Å²) in [7, 11) is 0. The van der Waals surface area contributed by atoms with Crippen molar-refractivity contribution in [2.24, 2.45) is 0 Å². The highest BCUT2D eigenvalue weighted by Gasteiger charge is 2.16. The summed E-state index contributed by atoms with van der Waals surface area (Å²) in [6.45, 7) is 3.65. The fraction of sp³-hybridized carbons (Fsp3) is 0.385. The van der Waals surface area contributed by atoms with Gasteiger partial charge >= 0.3 is 0 Å². The lowest BCUT2D eigenvalue weighted by atomic mass is 10.2. The van der Waals surface area contributed by atoms with Crippen LogP contribution >= 0.6 is 0 Å². The normalized spacial score (nSPS) is 16.1. The molecule has 2 heterocycles. The van der Waals surface area contributed by atoms with Crippen LogP contribution in [0.5, 0.6) is 11.5 Å². The first-order valence-corrected chi connectivity index (χ1v) is 6.64. The minimum absolute atomic E-state index is 0.0584. The molecule has 3 rings (SSSR count). The van der Waals surface area contributed by atoms with Gasteiger partial charge in [0.25, 0.3) is 0 Å². The number of hydrogen-bond acceptors (Lipinski definition) is 6. The van der Waals surface area contributed by atoms with Crippen LogP contribution in [-0.4, -0.2) is 51.6 Å². The minimum Gasteiger partial charge on any atom is -0.508 e. The van der Waals surface area contributed by atoms with Crippen LogP contribution in [0.25, 0.3) is 11.4 Å². The predicted molar refractivity (Wildman–Crippen MR) is 74.8 cm³/mol.